The van der Waals surface area contributed by atoms with Gasteiger partial charge >= 0.3 is 5.97 Å². The Morgan fingerprint density at radius 3 is 2.47 bits per heavy atom. The first kappa shape index (κ1) is 22.8. The second-order valence-corrected chi connectivity index (χ2v) is 7.07. The first-order valence-corrected chi connectivity index (χ1v) is 9.69. The molecule has 1 amide bonds. The third-order valence-electron chi connectivity index (χ3n) is 4.45. The summed E-state index contributed by atoms with van der Waals surface area (Å²) in [6.45, 7) is 7.51. The number of nitriles is 1. The Bertz CT molecular complexity index is 979. The molecule has 2 rings (SSSR count). The number of esters is 1. The van der Waals surface area contributed by atoms with Crippen LogP contribution in [0.2, 0.25) is 0 Å². The highest BCUT2D eigenvalue weighted by atomic mass is 16.5. The molecule has 0 aliphatic rings. The molecule has 1 heterocycles. The molecule has 30 heavy (non-hydrogen) atoms. The highest BCUT2D eigenvalue weighted by molar-refractivity contribution is 6.02. The summed E-state index contributed by atoms with van der Waals surface area (Å²) in [7, 11) is 1.62. The number of rotatable bonds is 8. The van der Waals surface area contributed by atoms with Crippen molar-refractivity contribution in [3.63, 3.8) is 0 Å². The van der Waals surface area contributed by atoms with E-state index < -0.39 is 11.9 Å². The van der Waals surface area contributed by atoms with Gasteiger partial charge in [0.1, 0.15) is 17.4 Å². The molecule has 0 spiro atoms. The van der Waals surface area contributed by atoms with Gasteiger partial charge in [-0.1, -0.05) is 0 Å². The smallest absolute Gasteiger partial charge is 0.307 e. The van der Waals surface area contributed by atoms with E-state index in [-0.39, 0.29) is 24.6 Å². The molecule has 0 fully saturated rings. The normalized spacial score (nSPS) is 11.2. The summed E-state index contributed by atoms with van der Waals surface area (Å²) in [4.78, 5) is 23.9. The SMILES string of the molecule is COc1ccc(-n2c(C)cc(/C=C(/C#N)C(=O)NCCC(=O)OC(C)C)c2C)cc1. The summed E-state index contributed by atoms with van der Waals surface area (Å²) >= 11 is 0. The van der Waals surface area contributed by atoms with Crippen molar-refractivity contribution in [3.8, 4) is 17.5 Å². The Morgan fingerprint density at radius 2 is 1.90 bits per heavy atom. The predicted molar refractivity (Wildman–Crippen MR) is 114 cm³/mol. The Labute approximate surface area is 176 Å². The molecule has 0 aliphatic heterocycles. The van der Waals surface area contributed by atoms with Crippen LogP contribution in [-0.4, -0.2) is 36.2 Å². The van der Waals surface area contributed by atoms with Crippen molar-refractivity contribution in [3.05, 3.63) is 52.9 Å². The van der Waals surface area contributed by atoms with E-state index in [1.807, 2.05) is 54.8 Å². The Kier molecular flexibility index (Phi) is 7.82. The second kappa shape index (κ2) is 10.3. The molecule has 0 saturated carbocycles. The molecule has 0 saturated heterocycles. The van der Waals surface area contributed by atoms with Gasteiger partial charge in [0.15, 0.2) is 0 Å². The zero-order chi connectivity index (χ0) is 22.3. The van der Waals surface area contributed by atoms with Crippen molar-refractivity contribution in [1.29, 1.82) is 5.26 Å². The molecule has 0 radical (unpaired) electrons. The number of ether oxygens (including phenoxy) is 2. The van der Waals surface area contributed by atoms with E-state index in [9.17, 15) is 14.9 Å². The molecule has 0 atom stereocenters. The van der Waals surface area contributed by atoms with E-state index in [4.69, 9.17) is 9.47 Å². The van der Waals surface area contributed by atoms with Crippen molar-refractivity contribution in [2.75, 3.05) is 13.7 Å². The maximum atomic E-state index is 12.4. The van der Waals surface area contributed by atoms with Crippen LogP contribution in [-0.2, 0) is 14.3 Å². The number of carbonyl (C=O) groups excluding carboxylic acids is 2. The summed E-state index contributed by atoms with van der Waals surface area (Å²) in [6.07, 6.45) is 1.40. The largest absolute Gasteiger partial charge is 0.497 e. The van der Waals surface area contributed by atoms with E-state index in [0.717, 1.165) is 28.4 Å². The van der Waals surface area contributed by atoms with Gasteiger partial charge in [-0.3, -0.25) is 9.59 Å². The number of aromatic nitrogens is 1. The van der Waals surface area contributed by atoms with Gasteiger partial charge in [0, 0.05) is 23.6 Å². The first-order chi connectivity index (χ1) is 14.3. The Balaban J connectivity index is 2.16. The van der Waals surface area contributed by atoms with Crippen LogP contribution in [0.4, 0.5) is 0 Å². The number of hydrogen-bond donors (Lipinski definition) is 1. The van der Waals surface area contributed by atoms with Gasteiger partial charge in [-0.05, 0) is 69.7 Å². The molecule has 158 valence electrons. The molecule has 2 aromatic rings. The van der Waals surface area contributed by atoms with Gasteiger partial charge in [-0.25, -0.2) is 0 Å². The summed E-state index contributed by atoms with van der Waals surface area (Å²) in [5.74, 6) is -0.151. The van der Waals surface area contributed by atoms with Crippen LogP contribution in [0, 0.1) is 25.2 Å². The lowest BCUT2D eigenvalue weighted by molar-refractivity contribution is -0.147. The van der Waals surface area contributed by atoms with Gasteiger partial charge in [0.25, 0.3) is 5.91 Å². The lowest BCUT2D eigenvalue weighted by atomic mass is 10.1. The zero-order valence-electron chi connectivity index (χ0n) is 18.0. The molecule has 7 nitrogen and oxygen atoms in total. The maximum absolute atomic E-state index is 12.4. The summed E-state index contributed by atoms with van der Waals surface area (Å²) in [6, 6.07) is 11.5. The van der Waals surface area contributed by atoms with Crippen molar-refractivity contribution >= 4 is 18.0 Å². The maximum Gasteiger partial charge on any atom is 0.307 e. The standard InChI is InChI=1S/C23H27N3O4/c1-15(2)30-22(27)10-11-25-23(28)19(14-24)13-18-12-16(3)26(17(18)4)20-6-8-21(29-5)9-7-20/h6-9,12-13,15H,10-11H2,1-5H3,(H,25,28)/b19-13-. The first-order valence-electron chi connectivity index (χ1n) is 9.69. The lowest BCUT2D eigenvalue weighted by Crippen LogP contribution is -2.28. The van der Waals surface area contributed by atoms with E-state index in [1.54, 1.807) is 27.0 Å². The monoisotopic (exact) mass is 409 g/mol. The average Bonchev–Trinajstić information content (AvgIpc) is 2.98. The van der Waals surface area contributed by atoms with Crippen LogP contribution in [0.5, 0.6) is 5.75 Å². The number of carbonyl (C=O) groups is 2. The number of hydrogen-bond acceptors (Lipinski definition) is 5. The van der Waals surface area contributed by atoms with Gasteiger partial charge < -0.3 is 19.4 Å². The summed E-state index contributed by atoms with van der Waals surface area (Å²) in [5, 5.41) is 12.0. The average molecular weight is 409 g/mol. The van der Waals surface area contributed by atoms with Gasteiger partial charge in [-0.15, -0.1) is 0 Å². The third-order valence-corrected chi connectivity index (χ3v) is 4.45. The number of amides is 1. The van der Waals surface area contributed by atoms with Gasteiger partial charge in [-0.2, -0.15) is 5.26 Å². The van der Waals surface area contributed by atoms with Crippen LogP contribution in [0.15, 0.2) is 35.9 Å². The molecule has 7 heteroatoms. The van der Waals surface area contributed by atoms with Crippen LogP contribution >= 0.6 is 0 Å². The lowest BCUT2D eigenvalue weighted by Gasteiger charge is -2.10. The molecule has 1 aromatic carbocycles. The van der Waals surface area contributed by atoms with Crippen LogP contribution in [0.1, 0.15) is 37.2 Å². The van der Waals surface area contributed by atoms with Gasteiger partial charge in [0.2, 0.25) is 0 Å². The molecular formula is C23H27N3O4. The highest BCUT2D eigenvalue weighted by Crippen LogP contribution is 2.24. The van der Waals surface area contributed by atoms with E-state index >= 15 is 0 Å². The molecule has 1 aromatic heterocycles. The fraction of sp³-hybridized carbons (Fsp3) is 0.348. The minimum atomic E-state index is -0.524. The number of aryl methyl sites for hydroxylation is 1. The summed E-state index contributed by atoms with van der Waals surface area (Å²) < 4.78 is 12.3. The van der Waals surface area contributed by atoms with Crippen LogP contribution in [0.25, 0.3) is 11.8 Å². The van der Waals surface area contributed by atoms with Crippen LogP contribution < -0.4 is 10.1 Å². The highest BCUT2D eigenvalue weighted by Gasteiger charge is 2.14. The predicted octanol–water partition coefficient (Wildman–Crippen LogP) is 3.47. The molecule has 0 aliphatic carbocycles. The fourth-order valence-corrected chi connectivity index (χ4v) is 3.06. The Hall–Kier alpha value is -3.53. The number of benzene rings is 1. The molecular weight excluding hydrogens is 382 g/mol. The van der Waals surface area contributed by atoms with Crippen LogP contribution in [0.3, 0.4) is 0 Å². The van der Waals surface area contributed by atoms with Crippen molar-refractivity contribution < 1.29 is 19.1 Å². The topological polar surface area (TPSA) is 93.4 Å². The summed E-state index contributed by atoms with van der Waals surface area (Å²) in [5.41, 5.74) is 3.57. The minimum absolute atomic E-state index is 0.0257. The van der Waals surface area contributed by atoms with E-state index in [1.165, 1.54) is 0 Å². The zero-order valence-corrected chi connectivity index (χ0v) is 18.0. The van der Waals surface area contributed by atoms with E-state index in [0.29, 0.717) is 0 Å². The van der Waals surface area contributed by atoms with E-state index in [2.05, 4.69) is 5.32 Å². The fourth-order valence-electron chi connectivity index (χ4n) is 3.06. The second-order valence-electron chi connectivity index (χ2n) is 7.07. The van der Waals surface area contributed by atoms with Crippen molar-refractivity contribution in [2.24, 2.45) is 0 Å². The van der Waals surface area contributed by atoms with Gasteiger partial charge in [0.05, 0.1) is 19.6 Å². The Morgan fingerprint density at radius 1 is 1.23 bits per heavy atom. The number of nitrogens with one attached hydrogen (secondary N) is 1. The minimum Gasteiger partial charge on any atom is -0.497 e. The quantitative estimate of drug-likeness (QED) is 0.409. The van der Waals surface area contributed by atoms with Crippen molar-refractivity contribution in [1.82, 2.24) is 9.88 Å². The third kappa shape index (κ3) is 5.74. The molecule has 0 unspecified atom stereocenters. The number of nitrogens with zero attached hydrogens (tertiary/aromatic N) is 2. The van der Waals surface area contributed by atoms with Crippen molar-refractivity contribution in [2.45, 2.75) is 40.2 Å². The number of methoxy groups -OCH3 is 1. The molecule has 1 N–H and O–H groups in total. The molecule has 0 bridgehead atoms.